The smallest absolute Gasteiger partial charge is 0.331 e. The summed E-state index contributed by atoms with van der Waals surface area (Å²) in [5, 5.41) is 0. The molecule has 1 aliphatic rings. The van der Waals surface area contributed by atoms with Gasteiger partial charge in [-0.05, 0) is 19.4 Å². The van der Waals surface area contributed by atoms with Crippen molar-refractivity contribution in [1.29, 1.82) is 0 Å². The average molecular weight is 154 g/mol. The van der Waals surface area contributed by atoms with Crippen LogP contribution in [0.2, 0.25) is 0 Å². The Kier molecular flexibility index (Phi) is 2.08. The Morgan fingerprint density at radius 1 is 1.73 bits per heavy atom. The van der Waals surface area contributed by atoms with Gasteiger partial charge in [-0.1, -0.05) is 0 Å². The van der Waals surface area contributed by atoms with Gasteiger partial charge in [0.25, 0.3) is 0 Å². The van der Waals surface area contributed by atoms with Crippen molar-refractivity contribution in [3.63, 3.8) is 0 Å². The van der Waals surface area contributed by atoms with Crippen molar-refractivity contribution < 1.29 is 14.3 Å². The topological polar surface area (TPSA) is 43.4 Å². The fourth-order valence-electron chi connectivity index (χ4n) is 1.01. The molecule has 0 N–H and O–H groups in total. The zero-order valence-corrected chi connectivity index (χ0v) is 6.59. The van der Waals surface area contributed by atoms with E-state index in [2.05, 4.69) is 0 Å². The lowest BCUT2D eigenvalue weighted by Gasteiger charge is -2.08. The third-order valence-corrected chi connectivity index (χ3v) is 1.58. The molecule has 3 nitrogen and oxygen atoms in total. The Labute approximate surface area is 65.0 Å². The number of ketones is 1. The number of hydrogen-bond donors (Lipinski definition) is 0. The molecule has 1 aliphatic heterocycles. The zero-order valence-electron chi connectivity index (χ0n) is 6.59. The second-order valence-corrected chi connectivity index (χ2v) is 2.72. The van der Waals surface area contributed by atoms with Crippen LogP contribution in [0.5, 0.6) is 0 Å². The van der Waals surface area contributed by atoms with E-state index in [0.29, 0.717) is 6.42 Å². The lowest BCUT2D eigenvalue weighted by Crippen LogP contribution is -2.14. The highest BCUT2D eigenvalue weighted by Crippen LogP contribution is 2.17. The number of esters is 1. The zero-order chi connectivity index (χ0) is 8.43. The number of carbonyl (C=O) groups excluding carboxylic acids is 2. The van der Waals surface area contributed by atoms with E-state index in [1.807, 2.05) is 0 Å². The van der Waals surface area contributed by atoms with Crippen molar-refractivity contribution in [2.75, 3.05) is 0 Å². The highest BCUT2D eigenvalue weighted by Gasteiger charge is 2.23. The van der Waals surface area contributed by atoms with Gasteiger partial charge in [0.1, 0.15) is 11.9 Å². The van der Waals surface area contributed by atoms with E-state index in [1.54, 1.807) is 6.92 Å². The SMILES string of the molecule is CC(=O)CC1OC(=O)C=C1C. The summed E-state index contributed by atoms with van der Waals surface area (Å²) in [7, 11) is 0. The van der Waals surface area contributed by atoms with Gasteiger partial charge in [-0.15, -0.1) is 0 Å². The molecule has 60 valence electrons. The van der Waals surface area contributed by atoms with E-state index in [-0.39, 0.29) is 17.9 Å². The van der Waals surface area contributed by atoms with E-state index >= 15 is 0 Å². The Morgan fingerprint density at radius 3 is 2.73 bits per heavy atom. The van der Waals surface area contributed by atoms with Crippen molar-refractivity contribution >= 4 is 11.8 Å². The normalized spacial score (nSPS) is 22.9. The first kappa shape index (κ1) is 7.98. The van der Waals surface area contributed by atoms with Crippen LogP contribution in [0.3, 0.4) is 0 Å². The van der Waals surface area contributed by atoms with Crippen molar-refractivity contribution in [1.82, 2.24) is 0 Å². The Hall–Kier alpha value is -1.12. The average Bonchev–Trinajstić information content (AvgIpc) is 2.09. The molecule has 0 aromatic heterocycles. The number of ether oxygens (including phenoxy) is 1. The fraction of sp³-hybridized carbons (Fsp3) is 0.500. The molecule has 0 bridgehead atoms. The second kappa shape index (κ2) is 2.86. The fourth-order valence-corrected chi connectivity index (χ4v) is 1.01. The van der Waals surface area contributed by atoms with E-state index < -0.39 is 0 Å². The predicted molar refractivity (Wildman–Crippen MR) is 38.9 cm³/mol. The molecule has 1 atom stereocenters. The summed E-state index contributed by atoms with van der Waals surface area (Å²) in [6, 6.07) is 0. The molecule has 1 unspecified atom stereocenters. The molecule has 0 spiro atoms. The summed E-state index contributed by atoms with van der Waals surface area (Å²) in [4.78, 5) is 21.3. The predicted octanol–water partition coefficient (Wildman–Crippen LogP) is 0.837. The molecule has 0 aromatic rings. The summed E-state index contributed by atoms with van der Waals surface area (Å²) >= 11 is 0. The maximum atomic E-state index is 10.6. The number of cyclic esters (lactones) is 1. The van der Waals surface area contributed by atoms with E-state index in [0.717, 1.165) is 5.57 Å². The molecular weight excluding hydrogens is 144 g/mol. The van der Waals surface area contributed by atoms with Crippen molar-refractivity contribution in [3.05, 3.63) is 11.6 Å². The Morgan fingerprint density at radius 2 is 2.36 bits per heavy atom. The van der Waals surface area contributed by atoms with Gasteiger partial charge in [-0.25, -0.2) is 4.79 Å². The third kappa shape index (κ3) is 1.90. The molecule has 0 amide bonds. The van der Waals surface area contributed by atoms with Crippen LogP contribution in [0.15, 0.2) is 11.6 Å². The maximum absolute atomic E-state index is 10.6. The number of Topliss-reactive ketones (excluding diaryl/α,β-unsaturated/α-hetero) is 1. The van der Waals surface area contributed by atoms with Gasteiger partial charge in [0.2, 0.25) is 0 Å². The molecule has 0 fully saturated rings. The monoisotopic (exact) mass is 154 g/mol. The van der Waals surface area contributed by atoms with Crippen LogP contribution in [0.1, 0.15) is 20.3 Å². The first-order chi connectivity index (χ1) is 5.09. The van der Waals surface area contributed by atoms with Gasteiger partial charge in [-0.3, -0.25) is 4.79 Å². The van der Waals surface area contributed by atoms with Gasteiger partial charge in [0.05, 0.1) is 0 Å². The van der Waals surface area contributed by atoms with Crippen LogP contribution in [-0.2, 0) is 14.3 Å². The Bertz CT molecular complexity index is 227. The van der Waals surface area contributed by atoms with Crippen LogP contribution >= 0.6 is 0 Å². The van der Waals surface area contributed by atoms with Gasteiger partial charge in [0, 0.05) is 12.5 Å². The van der Waals surface area contributed by atoms with Crippen molar-refractivity contribution in [2.45, 2.75) is 26.4 Å². The summed E-state index contributed by atoms with van der Waals surface area (Å²) in [5.74, 6) is -0.300. The first-order valence-electron chi connectivity index (χ1n) is 3.48. The van der Waals surface area contributed by atoms with Crippen molar-refractivity contribution in [3.8, 4) is 0 Å². The quantitative estimate of drug-likeness (QED) is 0.553. The molecule has 0 radical (unpaired) electrons. The van der Waals surface area contributed by atoms with E-state index in [4.69, 9.17) is 4.74 Å². The minimum Gasteiger partial charge on any atom is -0.454 e. The lowest BCUT2D eigenvalue weighted by atomic mass is 10.1. The number of hydrogen-bond acceptors (Lipinski definition) is 3. The molecule has 0 saturated heterocycles. The number of rotatable bonds is 2. The minimum absolute atomic E-state index is 0.0393. The van der Waals surface area contributed by atoms with Gasteiger partial charge >= 0.3 is 5.97 Å². The molecular formula is C8H10O3. The Balaban J connectivity index is 2.57. The molecule has 1 heterocycles. The van der Waals surface area contributed by atoms with Gasteiger partial charge in [-0.2, -0.15) is 0 Å². The van der Waals surface area contributed by atoms with Crippen molar-refractivity contribution in [2.24, 2.45) is 0 Å². The van der Waals surface area contributed by atoms with Crippen LogP contribution in [0.25, 0.3) is 0 Å². The maximum Gasteiger partial charge on any atom is 0.331 e. The van der Waals surface area contributed by atoms with Gasteiger partial charge < -0.3 is 4.74 Å². The summed E-state index contributed by atoms with van der Waals surface area (Å²) in [6.45, 7) is 3.28. The molecule has 0 aromatic carbocycles. The summed E-state index contributed by atoms with van der Waals surface area (Å²) in [6.07, 6.45) is 1.42. The molecule has 11 heavy (non-hydrogen) atoms. The van der Waals surface area contributed by atoms with Crippen LogP contribution < -0.4 is 0 Å². The lowest BCUT2D eigenvalue weighted by molar-refractivity contribution is -0.139. The minimum atomic E-state index is -0.339. The molecule has 3 heteroatoms. The summed E-state index contributed by atoms with van der Waals surface area (Å²) in [5.41, 5.74) is 0.838. The number of carbonyl (C=O) groups is 2. The van der Waals surface area contributed by atoms with E-state index in [9.17, 15) is 9.59 Å². The highest BCUT2D eigenvalue weighted by atomic mass is 16.5. The van der Waals surface area contributed by atoms with Gasteiger partial charge in [0.15, 0.2) is 0 Å². The third-order valence-electron chi connectivity index (χ3n) is 1.58. The molecule has 0 saturated carbocycles. The molecule has 1 rings (SSSR count). The van der Waals surface area contributed by atoms with Crippen LogP contribution in [-0.4, -0.2) is 17.9 Å². The first-order valence-corrected chi connectivity index (χ1v) is 3.48. The summed E-state index contributed by atoms with van der Waals surface area (Å²) < 4.78 is 4.83. The largest absolute Gasteiger partial charge is 0.454 e. The standard InChI is InChI=1S/C8H10O3/c1-5-3-8(10)11-7(5)4-6(2)9/h3,7H,4H2,1-2H3. The van der Waals surface area contributed by atoms with E-state index in [1.165, 1.54) is 13.0 Å². The highest BCUT2D eigenvalue weighted by molar-refractivity contribution is 5.87. The van der Waals surface area contributed by atoms with Crippen LogP contribution in [0.4, 0.5) is 0 Å². The van der Waals surface area contributed by atoms with Crippen LogP contribution in [0, 0.1) is 0 Å². The second-order valence-electron chi connectivity index (χ2n) is 2.72. The molecule has 0 aliphatic carbocycles.